The number of hydroxylamine groups is 1. The van der Waals surface area contributed by atoms with E-state index in [4.69, 9.17) is 4.84 Å². The van der Waals surface area contributed by atoms with Crippen molar-refractivity contribution in [2.24, 2.45) is 0 Å². The number of carbonyl (C=O) groups excluding carboxylic acids is 2. The molecule has 15 heteroatoms. The number of rotatable bonds is 14. The smallest absolute Gasteiger partial charge is 0.321 e. The number of hydrogen-bond donors (Lipinski definition) is 5. The summed E-state index contributed by atoms with van der Waals surface area (Å²) < 4.78 is 26.5. The molecule has 2 atom stereocenters. The van der Waals surface area contributed by atoms with Crippen molar-refractivity contribution in [3.63, 3.8) is 0 Å². The molecule has 3 rings (SSSR count). The highest BCUT2D eigenvalue weighted by Crippen LogP contribution is 2.16. The number of carboxylic acids is 1. The molecule has 1 fully saturated rings. The minimum atomic E-state index is -3.72. The van der Waals surface area contributed by atoms with Crippen molar-refractivity contribution in [2.45, 2.75) is 64.1 Å². The number of aliphatic carboxylic acids is 1. The van der Waals surface area contributed by atoms with Crippen molar-refractivity contribution in [2.75, 3.05) is 44.3 Å². The number of aromatic nitrogens is 1. The molecule has 0 spiro atoms. The maximum Gasteiger partial charge on any atom is 0.321 e. The van der Waals surface area contributed by atoms with Crippen LogP contribution in [-0.4, -0.2) is 103 Å². The number of unbranched alkanes of at least 4 members (excludes halogenated alkanes) is 1. The van der Waals surface area contributed by atoms with E-state index in [9.17, 15) is 27.9 Å². The highest BCUT2D eigenvalue weighted by Gasteiger charge is 2.30. The van der Waals surface area contributed by atoms with Gasteiger partial charge in [-0.3, -0.25) is 30.1 Å². The van der Waals surface area contributed by atoms with E-state index >= 15 is 0 Å². The Kier molecular flexibility index (Phi) is 11.9. The Hall–Kier alpha value is -3.27. The number of urea groups is 1. The van der Waals surface area contributed by atoms with Crippen molar-refractivity contribution in [3.05, 3.63) is 35.7 Å². The molecule has 0 radical (unpaired) electrons. The molecule has 1 aromatic rings. The van der Waals surface area contributed by atoms with Crippen molar-refractivity contribution in [3.8, 4) is 0 Å². The van der Waals surface area contributed by atoms with Gasteiger partial charge >= 0.3 is 12.0 Å². The molecule has 2 aliphatic rings. The maximum absolute atomic E-state index is 12.8. The maximum atomic E-state index is 12.8. The first-order valence-electron chi connectivity index (χ1n) is 13.8. The molecule has 228 valence electrons. The monoisotopic (exact) mass is 595 g/mol. The number of carboxylic acid groups (broad SMARTS) is 1. The van der Waals surface area contributed by atoms with Crippen LogP contribution in [0.5, 0.6) is 0 Å². The van der Waals surface area contributed by atoms with Crippen LogP contribution in [0.1, 0.15) is 44.6 Å². The topological polar surface area (TPSA) is 182 Å². The molecule has 0 aliphatic carbocycles. The molecular weight excluding hydrogens is 554 g/mol. The Morgan fingerprint density at radius 1 is 1.29 bits per heavy atom. The number of amides is 3. The van der Waals surface area contributed by atoms with Gasteiger partial charge in [0.1, 0.15) is 18.0 Å². The summed E-state index contributed by atoms with van der Waals surface area (Å²) in [5, 5.41) is 15.2. The molecule has 14 nitrogen and oxygen atoms in total. The first kappa shape index (κ1) is 32.2. The van der Waals surface area contributed by atoms with Crippen molar-refractivity contribution >= 4 is 33.7 Å². The highest BCUT2D eigenvalue weighted by molar-refractivity contribution is 7.89. The molecule has 5 N–H and O–H groups in total. The van der Waals surface area contributed by atoms with Gasteiger partial charge in [-0.15, -0.1) is 0 Å². The predicted molar refractivity (Wildman–Crippen MR) is 152 cm³/mol. The number of likely N-dealkylation sites (N-methyl/N-ethyl adjacent to an activating group) is 1. The lowest BCUT2D eigenvalue weighted by atomic mass is 10.1. The second kappa shape index (κ2) is 15.1. The average molecular weight is 596 g/mol. The summed E-state index contributed by atoms with van der Waals surface area (Å²) in [7, 11) is -2.06. The van der Waals surface area contributed by atoms with Gasteiger partial charge in [-0.1, -0.05) is 19.4 Å². The number of pyridine rings is 1. The summed E-state index contributed by atoms with van der Waals surface area (Å²) in [4.78, 5) is 50.0. The normalized spacial score (nSPS) is 18.7. The number of likely N-dealkylation sites (tertiary alicyclic amines) is 1. The van der Waals surface area contributed by atoms with Crippen LogP contribution in [0.3, 0.4) is 0 Å². The Morgan fingerprint density at radius 3 is 2.68 bits per heavy atom. The van der Waals surface area contributed by atoms with Gasteiger partial charge in [0, 0.05) is 38.8 Å². The fraction of sp³-hybridized carbons (Fsp3) is 0.615. The fourth-order valence-electron chi connectivity index (χ4n) is 4.52. The molecule has 1 aromatic heterocycles. The van der Waals surface area contributed by atoms with E-state index in [2.05, 4.69) is 25.8 Å². The quantitative estimate of drug-likeness (QED) is 0.206. The van der Waals surface area contributed by atoms with Crippen LogP contribution in [0.2, 0.25) is 0 Å². The van der Waals surface area contributed by atoms with Crippen LogP contribution in [-0.2, 0) is 24.4 Å². The lowest BCUT2D eigenvalue weighted by Gasteiger charge is -2.32. The van der Waals surface area contributed by atoms with Gasteiger partial charge < -0.3 is 15.3 Å². The predicted octanol–water partition coefficient (Wildman–Crippen LogP) is 0.784. The number of anilines is 1. The molecule has 2 aliphatic heterocycles. The summed E-state index contributed by atoms with van der Waals surface area (Å²) in [5.74, 6) is -1.00. The first-order chi connectivity index (χ1) is 19.5. The van der Waals surface area contributed by atoms with Crippen LogP contribution in [0.15, 0.2) is 30.1 Å². The SMILES string of the molecule is CCCCS(=O)(=O)NC(CC1C=C(CN(C)C(=O)CN2CCC(NC(=O)Nc3ncccc3C)CC2)NO1)C(=O)O. The van der Waals surface area contributed by atoms with Crippen LogP contribution in [0.4, 0.5) is 10.6 Å². The van der Waals surface area contributed by atoms with Crippen LogP contribution in [0.25, 0.3) is 0 Å². The van der Waals surface area contributed by atoms with Gasteiger partial charge in [0.25, 0.3) is 0 Å². The molecule has 0 saturated carbocycles. The number of sulfonamides is 1. The minimum Gasteiger partial charge on any atom is -0.480 e. The molecular formula is C26H41N7O7S. The molecule has 3 amide bonds. The standard InChI is InChI=1S/C26H41N7O7S/c1-4-5-13-41(38,39)31-22(25(35)36)15-21-14-20(30-40-21)16-32(3)23(34)17-33-11-8-19(9-12-33)28-26(37)29-24-18(2)7-6-10-27-24/h6-7,10,14,19,21-22,30-31H,4-5,8-9,11-13,15-17H2,1-3H3,(H,35,36)(H2,27,28,29,37). The van der Waals surface area contributed by atoms with Crippen LogP contribution >= 0.6 is 0 Å². The Morgan fingerprint density at radius 2 is 2.02 bits per heavy atom. The van der Waals surface area contributed by atoms with Gasteiger partial charge in [0.2, 0.25) is 15.9 Å². The Bertz CT molecular complexity index is 1200. The van der Waals surface area contributed by atoms with Gasteiger partial charge in [-0.25, -0.2) is 22.9 Å². The van der Waals surface area contributed by atoms with Gasteiger partial charge in [0.15, 0.2) is 0 Å². The van der Waals surface area contributed by atoms with E-state index < -0.39 is 28.1 Å². The lowest BCUT2D eigenvalue weighted by molar-refractivity contribution is -0.140. The third-order valence-corrected chi connectivity index (χ3v) is 8.41. The minimum absolute atomic E-state index is 0.00391. The average Bonchev–Trinajstić information content (AvgIpc) is 3.36. The van der Waals surface area contributed by atoms with E-state index in [-0.39, 0.29) is 43.2 Å². The van der Waals surface area contributed by atoms with Gasteiger partial charge in [-0.05, 0) is 43.9 Å². The molecule has 1 saturated heterocycles. The molecule has 0 aromatic carbocycles. The third kappa shape index (κ3) is 10.6. The van der Waals surface area contributed by atoms with Crippen molar-refractivity contribution in [1.82, 2.24) is 30.3 Å². The van der Waals surface area contributed by atoms with Crippen molar-refractivity contribution < 1.29 is 32.7 Å². The van der Waals surface area contributed by atoms with Gasteiger partial charge in [-0.2, -0.15) is 0 Å². The molecule has 2 unspecified atom stereocenters. The lowest BCUT2D eigenvalue weighted by Crippen LogP contribution is -2.48. The van der Waals surface area contributed by atoms with Gasteiger partial charge in [0.05, 0.1) is 24.5 Å². The summed E-state index contributed by atoms with van der Waals surface area (Å²) in [6.45, 7) is 5.48. The highest BCUT2D eigenvalue weighted by atomic mass is 32.2. The zero-order valence-corrected chi connectivity index (χ0v) is 24.6. The second-order valence-corrected chi connectivity index (χ2v) is 12.3. The number of nitrogens with zero attached hydrogens (tertiary/aromatic N) is 3. The van der Waals surface area contributed by atoms with Crippen molar-refractivity contribution in [1.29, 1.82) is 0 Å². The Balaban J connectivity index is 1.40. The number of aryl methyl sites for hydroxylation is 1. The fourth-order valence-corrected chi connectivity index (χ4v) is 5.94. The largest absolute Gasteiger partial charge is 0.480 e. The molecule has 0 bridgehead atoms. The summed E-state index contributed by atoms with van der Waals surface area (Å²) in [6.07, 6.45) is 5.04. The third-order valence-electron chi connectivity index (χ3n) is 6.94. The van der Waals surface area contributed by atoms with Crippen LogP contribution in [0, 0.1) is 6.92 Å². The summed E-state index contributed by atoms with van der Waals surface area (Å²) >= 11 is 0. The van der Waals surface area contributed by atoms with E-state index in [1.807, 2.05) is 24.8 Å². The van der Waals surface area contributed by atoms with E-state index in [0.29, 0.717) is 50.3 Å². The molecule has 3 heterocycles. The number of nitrogens with one attached hydrogen (secondary N) is 4. The number of hydrogen-bond acceptors (Lipinski definition) is 9. The first-order valence-corrected chi connectivity index (χ1v) is 15.4. The summed E-state index contributed by atoms with van der Waals surface area (Å²) in [6, 6.07) is 2.04. The van der Waals surface area contributed by atoms with E-state index in [0.717, 1.165) is 5.56 Å². The zero-order valence-electron chi connectivity index (χ0n) is 23.8. The number of piperidine rings is 1. The summed E-state index contributed by atoms with van der Waals surface area (Å²) in [5.41, 5.74) is 4.17. The molecule has 41 heavy (non-hydrogen) atoms. The number of carbonyl (C=O) groups is 3. The second-order valence-electron chi connectivity index (χ2n) is 10.4. The Labute approximate surface area is 240 Å². The van der Waals surface area contributed by atoms with E-state index in [1.165, 1.54) is 0 Å². The van der Waals surface area contributed by atoms with E-state index in [1.54, 1.807) is 30.3 Å². The van der Waals surface area contributed by atoms with Crippen LogP contribution < -0.4 is 20.8 Å². The zero-order chi connectivity index (χ0) is 30.0.